The Morgan fingerprint density at radius 2 is 1.54 bits per heavy atom. The van der Waals surface area contributed by atoms with Crippen LogP contribution >= 0.6 is 11.3 Å². The Hall–Kier alpha value is -2.79. The first-order valence-electron chi connectivity index (χ1n) is 7.25. The summed E-state index contributed by atoms with van der Waals surface area (Å²) in [6.07, 6.45) is 0.216. The van der Waals surface area contributed by atoms with Gasteiger partial charge in [-0.25, -0.2) is 4.39 Å². The zero-order valence-electron chi connectivity index (χ0n) is 12.6. The molecule has 0 N–H and O–H groups in total. The average molecular weight is 340 g/mol. The second-order valence-corrected chi connectivity index (χ2v) is 6.12. The highest BCUT2D eigenvalue weighted by Crippen LogP contribution is 2.17. The van der Waals surface area contributed by atoms with Gasteiger partial charge >= 0.3 is 5.97 Å². The Balaban J connectivity index is 1.65. The maximum Gasteiger partial charge on any atom is 0.316 e. The number of hydrogen-bond donors (Lipinski definition) is 0. The Labute approximate surface area is 142 Å². The molecule has 3 rings (SSSR count). The standard InChI is InChI=1S/C19H13FO3S/c20-15-7-3-13(4-8-15)19(22)14-5-9-16(10-6-14)23-18(21)12-17-2-1-11-24-17/h1-11H,12H2. The Bertz CT molecular complexity index is 837. The van der Waals surface area contributed by atoms with Gasteiger partial charge in [0.2, 0.25) is 0 Å². The van der Waals surface area contributed by atoms with E-state index in [0.717, 1.165) is 4.88 Å². The number of carbonyl (C=O) groups excluding carboxylic acids is 2. The molecule has 3 aromatic rings. The molecule has 3 nitrogen and oxygen atoms in total. The van der Waals surface area contributed by atoms with Gasteiger partial charge in [-0.15, -0.1) is 11.3 Å². The first-order chi connectivity index (χ1) is 11.6. The van der Waals surface area contributed by atoms with Crippen molar-refractivity contribution in [2.45, 2.75) is 6.42 Å². The van der Waals surface area contributed by atoms with Gasteiger partial charge in [-0.2, -0.15) is 0 Å². The quantitative estimate of drug-likeness (QED) is 0.396. The minimum atomic E-state index is -0.389. The number of rotatable bonds is 5. The van der Waals surface area contributed by atoms with Gasteiger partial charge in [0.1, 0.15) is 11.6 Å². The number of hydrogen-bond acceptors (Lipinski definition) is 4. The zero-order chi connectivity index (χ0) is 16.9. The molecule has 0 saturated heterocycles. The lowest BCUT2D eigenvalue weighted by Gasteiger charge is -2.05. The molecule has 120 valence electrons. The summed E-state index contributed by atoms with van der Waals surface area (Å²) in [5.74, 6) is -0.576. The summed E-state index contributed by atoms with van der Waals surface area (Å²) in [4.78, 5) is 25.0. The van der Waals surface area contributed by atoms with E-state index < -0.39 is 0 Å². The summed E-state index contributed by atoms with van der Waals surface area (Å²) in [6, 6.07) is 15.4. The van der Waals surface area contributed by atoms with E-state index in [-0.39, 0.29) is 24.0 Å². The molecule has 0 aliphatic heterocycles. The van der Waals surface area contributed by atoms with Crippen LogP contribution in [0.5, 0.6) is 5.75 Å². The molecule has 0 spiro atoms. The van der Waals surface area contributed by atoms with Crippen molar-refractivity contribution >= 4 is 23.1 Å². The molecule has 5 heteroatoms. The Morgan fingerprint density at radius 1 is 0.917 bits per heavy atom. The van der Waals surface area contributed by atoms with Gasteiger partial charge in [0.25, 0.3) is 0 Å². The number of esters is 1. The first kappa shape index (κ1) is 16.1. The molecular formula is C19H13FO3S. The molecule has 0 radical (unpaired) electrons. The van der Waals surface area contributed by atoms with Crippen molar-refractivity contribution < 1.29 is 18.7 Å². The highest BCUT2D eigenvalue weighted by Gasteiger charge is 2.11. The maximum atomic E-state index is 12.9. The fourth-order valence-corrected chi connectivity index (χ4v) is 2.86. The Kier molecular flexibility index (Phi) is 4.82. The zero-order valence-corrected chi connectivity index (χ0v) is 13.4. The molecule has 1 aromatic heterocycles. The van der Waals surface area contributed by atoms with Gasteiger partial charge in [0.05, 0.1) is 6.42 Å². The van der Waals surface area contributed by atoms with Crippen molar-refractivity contribution in [1.82, 2.24) is 0 Å². The van der Waals surface area contributed by atoms with Crippen LogP contribution in [0.25, 0.3) is 0 Å². The van der Waals surface area contributed by atoms with E-state index in [1.54, 1.807) is 24.3 Å². The van der Waals surface area contributed by atoms with Crippen molar-refractivity contribution in [2.24, 2.45) is 0 Å². The molecule has 0 aliphatic carbocycles. The molecule has 2 aromatic carbocycles. The minimum Gasteiger partial charge on any atom is -0.426 e. The summed E-state index contributed by atoms with van der Waals surface area (Å²) >= 11 is 1.49. The highest BCUT2D eigenvalue weighted by molar-refractivity contribution is 7.10. The fraction of sp³-hybridized carbons (Fsp3) is 0.0526. The van der Waals surface area contributed by atoms with E-state index in [1.165, 1.54) is 35.6 Å². The van der Waals surface area contributed by atoms with E-state index in [2.05, 4.69) is 0 Å². The monoisotopic (exact) mass is 340 g/mol. The van der Waals surface area contributed by atoms with Crippen LogP contribution in [-0.4, -0.2) is 11.8 Å². The molecule has 0 unspecified atom stereocenters. The second kappa shape index (κ2) is 7.19. The van der Waals surface area contributed by atoms with Crippen LogP contribution in [0.4, 0.5) is 4.39 Å². The van der Waals surface area contributed by atoms with Crippen molar-refractivity contribution in [1.29, 1.82) is 0 Å². The minimum absolute atomic E-state index is 0.216. The van der Waals surface area contributed by atoms with E-state index in [1.807, 2.05) is 17.5 Å². The van der Waals surface area contributed by atoms with Crippen LogP contribution in [0, 0.1) is 5.82 Å². The van der Waals surface area contributed by atoms with Crippen molar-refractivity contribution in [2.75, 3.05) is 0 Å². The van der Waals surface area contributed by atoms with E-state index in [4.69, 9.17) is 4.74 Å². The smallest absolute Gasteiger partial charge is 0.316 e. The molecule has 1 heterocycles. The predicted octanol–water partition coefficient (Wildman–Crippen LogP) is 4.27. The fourth-order valence-electron chi connectivity index (χ4n) is 2.17. The normalized spacial score (nSPS) is 10.4. The van der Waals surface area contributed by atoms with Crippen LogP contribution < -0.4 is 4.74 Å². The van der Waals surface area contributed by atoms with Crippen LogP contribution in [0.1, 0.15) is 20.8 Å². The predicted molar refractivity (Wildman–Crippen MR) is 89.9 cm³/mol. The number of benzene rings is 2. The molecule has 24 heavy (non-hydrogen) atoms. The maximum absolute atomic E-state index is 12.9. The van der Waals surface area contributed by atoms with Crippen LogP contribution in [0.15, 0.2) is 66.0 Å². The molecule has 0 amide bonds. The summed E-state index contributed by atoms with van der Waals surface area (Å²) in [7, 11) is 0. The molecular weight excluding hydrogens is 327 g/mol. The van der Waals surface area contributed by atoms with Crippen LogP contribution in [0.3, 0.4) is 0 Å². The van der Waals surface area contributed by atoms with Crippen molar-refractivity contribution in [3.8, 4) is 5.75 Å². The topological polar surface area (TPSA) is 43.4 Å². The van der Waals surface area contributed by atoms with Gasteiger partial charge in [-0.05, 0) is 60.0 Å². The van der Waals surface area contributed by atoms with Gasteiger partial charge in [0, 0.05) is 16.0 Å². The lowest BCUT2D eigenvalue weighted by molar-refractivity contribution is -0.133. The van der Waals surface area contributed by atoms with Crippen LogP contribution in [-0.2, 0) is 11.2 Å². The first-order valence-corrected chi connectivity index (χ1v) is 8.13. The summed E-state index contributed by atoms with van der Waals surface area (Å²) < 4.78 is 18.2. The lowest BCUT2D eigenvalue weighted by Crippen LogP contribution is -2.10. The third-order valence-electron chi connectivity index (χ3n) is 3.35. The second-order valence-electron chi connectivity index (χ2n) is 5.09. The third kappa shape index (κ3) is 3.94. The number of halogens is 1. The van der Waals surface area contributed by atoms with Crippen molar-refractivity contribution in [3.63, 3.8) is 0 Å². The summed E-state index contributed by atoms with van der Waals surface area (Å²) in [5.41, 5.74) is 0.846. The summed E-state index contributed by atoms with van der Waals surface area (Å²) in [6.45, 7) is 0. The largest absolute Gasteiger partial charge is 0.426 e. The third-order valence-corrected chi connectivity index (χ3v) is 4.23. The molecule has 0 bridgehead atoms. The SMILES string of the molecule is O=C(Cc1cccs1)Oc1ccc(C(=O)c2ccc(F)cc2)cc1. The van der Waals surface area contributed by atoms with Gasteiger partial charge < -0.3 is 4.74 Å². The van der Waals surface area contributed by atoms with Crippen LogP contribution in [0.2, 0.25) is 0 Å². The lowest BCUT2D eigenvalue weighted by atomic mass is 10.0. The molecule has 0 saturated carbocycles. The number of ketones is 1. The molecule has 0 aliphatic rings. The van der Waals surface area contributed by atoms with E-state index in [9.17, 15) is 14.0 Å². The number of thiophene rings is 1. The Morgan fingerprint density at radius 3 is 2.12 bits per heavy atom. The van der Waals surface area contributed by atoms with E-state index in [0.29, 0.717) is 16.9 Å². The van der Waals surface area contributed by atoms with Gasteiger partial charge in [0.15, 0.2) is 5.78 Å². The van der Waals surface area contributed by atoms with Gasteiger partial charge in [-0.1, -0.05) is 6.07 Å². The van der Waals surface area contributed by atoms with Gasteiger partial charge in [-0.3, -0.25) is 9.59 Å². The van der Waals surface area contributed by atoms with Crippen molar-refractivity contribution in [3.05, 3.63) is 87.9 Å². The summed E-state index contributed by atoms with van der Waals surface area (Å²) in [5, 5.41) is 1.90. The highest BCUT2D eigenvalue weighted by atomic mass is 32.1. The average Bonchev–Trinajstić information content (AvgIpc) is 3.08. The number of ether oxygens (including phenoxy) is 1. The number of carbonyl (C=O) groups is 2. The molecule has 0 fully saturated rings. The van der Waals surface area contributed by atoms with E-state index >= 15 is 0 Å². The molecule has 0 atom stereocenters.